The van der Waals surface area contributed by atoms with Gasteiger partial charge in [0.2, 0.25) is 0 Å². The molecule has 2 atom stereocenters. The topological polar surface area (TPSA) is 13.1 Å². The van der Waals surface area contributed by atoms with Crippen LogP contribution >= 0.6 is 0 Å². The lowest BCUT2D eigenvalue weighted by Crippen LogP contribution is -2.37. The molecular weight excluding hydrogens is 683 g/mol. The van der Waals surface area contributed by atoms with Crippen molar-refractivity contribution in [3.8, 4) is 22.5 Å². The molecule has 0 N–H and O–H groups in total. The third kappa shape index (κ3) is 4.95. The van der Waals surface area contributed by atoms with E-state index < -0.39 is 8.07 Å². The van der Waals surface area contributed by atoms with Crippen molar-refractivity contribution in [3.63, 3.8) is 0 Å². The monoisotopic (exact) mass is 723 g/mol. The second kappa shape index (κ2) is 12.1. The van der Waals surface area contributed by atoms with E-state index in [-0.39, 0.29) is 6.04 Å². The van der Waals surface area contributed by atoms with Crippen LogP contribution in [0.4, 0.5) is 11.4 Å². The van der Waals surface area contributed by atoms with Crippen molar-refractivity contribution in [1.82, 2.24) is 9.13 Å². The third-order valence-electron chi connectivity index (χ3n) is 12.0. The molecule has 1 aliphatic heterocycles. The Morgan fingerprint density at radius 3 is 1.62 bits per heavy atom. The highest BCUT2D eigenvalue weighted by molar-refractivity contribution is 6.88. The van der Waals surface area contributed by atoms with Crippen molar-refractivity contribution in [2.75, 3.05) is 4.90 Å². The molecule has 2 aromatic heterocycles. The van der Waals surface area contributed by atoms with Gasteiger partial charge in [0.05, 0.1) is 36.2 Å². The van der Waals surface area contributed by atoms with Crippen LogP contribution in [0.25, 0.3) is 66.1 Å². The first kappa shape index (κ1) is 32.1. The number of para-hydroxylation sites is 3. The molecule has 0 saturated heterocycles. The predicted molar refractivity (Wildman–Crippen MR) is 237 cm³/mol. The van der Waals surface area contributed by atoms with E-state index in [0.29, 0.717) is 5.92 Å². The molecule has 7 aromatic carbocycles. The SMILES string of the molecule is C[Si](C)(C)c1ccc(-n2c3ccccc3c3cc(-c4ccc5c(c4)c4ccccc4n5-c4ccc5c(c4)C4C=CC=CC4N5c4ccccc4)ccc32)cc1. The minimum absolute atomic E-state index is 0.264. The number of hydrogen-bond donors (Lipinski definition) is 0. The average molecular weight is 724 g/mol. The summed E-state index contributed by atoms with van der Waals surface area (Å²) in [5.41, 5.74) is 13.7. The fourth-order valence-corrected chi connectivity index (χ4v) is 10.5. The van der Waals surface area contributed by atoms with Gasteiger partial charge in [0, 0.05) is 50.2 Å². The second-order valence-electron chi connectivity index (χ2n) is 16.2. The van der Waals surface area contributed by atoms with Crippen LogP contribution in [0.5, 0.6) is 0 Å². The van der Waals surface area contributed by atoms with Gasteiger partial charge in [-0.25, -0.2) is 0 Å². The molecule has 3 nitrogen and oxygen atoms in total. The van der Waals surface area contributed by atoms with Crippen molar-refractivity contribution in [3.05, 3.63) is 188 Å². The van der Waals surface area contributed by atoms with Gasteiger partial charge in [0.15, 0.2) is 0 Å². The van der Waals surface area contributed by atoms with Crippen LogP contribution in [0.1, 0.15) is 11.5 Å². The molecule has 2 unspecified atom stereocenters. The molecule has 2 aliphatic rings. The number of allylic oxidation sites excluding steroid dienone is 2. The van der Waals surface area contributed by atoms with Crippen LogP contribution in [0, 0.1) is 0 Å². The second-order valence-corrected chi connectivity index (χ2v) is 21.3. The van der Waals surface area contributed by atoms with Gasteiger partial charge in [-0.3, -0.25) is 0 Å². The number of nitrogens with zero attached hydrogens (tertiary/aromatic N) is 3. The first-order valence-corrected chi connectivity index (χ1v) is 22.9. The Kier molecular flexibility index (Phi) is 7.05. The van der Waals surface area contributed by atoms with Crippen LogP contribution in [-0.4, -0.2) is 23.2 Å². The molecule has 1 aliphatic carbocycles. The summed E-state index contributed by atoms with van der Waals surface area (Å²) in [5, 5.41) is 6.57. The highest BCUT2D eigenvalue weighted by Crippen LogP contribution is 2.49. The van der Waals surface area contributed by atoms with Crippen LogP contribution in [0.3, 0.4) is 0 Å². The minimum Gasteiger partial charge on any atom is -0.333 e. The lowest BCUT2D eigenvalue weighted by molar-refractivity contribution is 0.744. The summed E-state index contributed by atoms with van der Waals surface area (Å²) < 4.78 is 4.89. The maximum Gasteiger partial charge on any atom is 0.0775 e. The van der Waals surface area contributed by atoms with Gasteiger partial charge in [-0.1, -0.05) is 128 Å². The van der Waals surface area contributed by atoms with Crippen LogP contribution in [0.15, 0.2) is 182 Å². The Bertz CT molecular complexity index is 3030. The van der Waals surface area contributed by atoms with Crippen LogP contribution < -0.4 is 10.1 Å². The molecule has 4 heteroatoms. The molecule has 0 spiro atoms. The fourth-order valence-electron chi connectivity index (χ4n) is 9.33. The average Bonchev–Trinajstić information content (AvgIpc) is 3.86. The van der Waals surface area contributed by atoms with Gasteiger partial charge in [-0.2, -0.15) is 0 Å². The fraction of sp³-hybridized carbons (Fsp3) is 0.0980. The lowest BCUT2D eigenvalue weighted by Gasteiger charge is -2.28. The van der Waals surface area contributed by atoms with Gasteiger partial charge in [0.1, 0.15) is 0 Å². The summed E-state index contributed by atoms with van der Waals surface area (Å²) in [5.74, 6) is 0.297. The smallest absolute Gasteiger partial charge is 0.0775 e. The Labute approximate surface area is 322 Å². The van der Waals surface area contributed by atoms with E-state index in [4.69, 9.17) is 0 Å². The standard InChI is InChI=1S/C51H41N3Si/c1-55(2,3)39-26-23-37(24-27-39)53-46-18-10-7-15-40(46)43-31-34(21-28-49(43)53)35-22-29-50-44(32-35)41-16-8-12-20-48(41)54(50)38-25-30-51-45(33-38)42-17-9-11-19-47(42)52(51)36-13-5-4-6-14-36/h4-33,42,47H,1-3H3. The number of aromatic nitrogens is 2. The summed E-state index contributed by atoms with van der Waals surface area (Å²) >= 11 is 0. The largest absolute Gasteiger partial charge is 0.333 e. The van der Waals surface area contributed by atoms with E-state index in [1.165, 1.54) is 88.2 Å². The predicted octanol–water partition coefficient (Wildman–Crippen LogP) is 12.8. The Balaban J connectivity index is 1.04. The first-order valence-electron chi connectivity index (χ1n) is 19.4. The molecule has 0 saturated carbocycles. The molecule has 0 bridgehead atoms. The third-order valence-corrected chi connectivity index (χ3v) is 14.1. The summed E-state index contributed by atoms with van der Waals surface area (Å²) in [6.07, 6.45) is 9.11. The quantitative estimate of drug-likeness (QED) is 0.161. The lowest BCUT2D eigenvalue weighted by atomic mass is 9.91. The number of hydrogen-bond acceptors (Lipinski definition) is 1. The van der Waals surface area contributed by atoms with E-state index in [9.17, 15) is 0 Å². The zero-order chi connectivity index (χ0) is 36.8. The highest BCUT2D eigenvalue weighted by Gasteiger charge is 2.37. The Hall–Kier alpha value is -6.36. The van der Waals surface area contributed by atoms with Crippen LogP contribution in [-0.2, 0) is 0 Å². The van der Waals surface area contributed by atoms with Gasteiger partial charge >= 0.3 is 0 Å². The van der Waals surface area contributed by atoms with Gasteiger partial charge in [-0.15, -0.1) is 0 Å². The van der Waals surface area contributed by atoms with E-state index >= 15 is 0 Å². The molecule has 9 aromatic rings. The van der Waals surface area contributed by atoms with Crippen molar-refractivity contribution in [1.29, 1.82) is 0 Å². The highest BCUT2D eigenvalue weighted by atomic mass is 28.3. The molecule has 0 amide bonds. The first-order chi connectivity index (χ1) is 26.9. The molecule has 264 valence electrons. The summed E-state index contributed by atoms with van der Waals surface area (Å²) in [6, 6.07) is 59.2. The zero-order valence-corrected chi connectivity index (χ0v) is 32.3. The van der Waals surface area contributed by atoms with E-state index in [1.807, 2.05) is 0 Å². The van der Waals surface area contributed by atoms with Crippen molar-refractivity contribution in [2.24, 2.45) is 0 Å². The van der Waals surface area contributed by atoms with E-state index in [2.05, 4.69) is 216 Å². The Morgan fingerprint density at radius 2 is 0.982 bits per heavy atom. The summed E-state index contributed by atoms with van der Waals surface area (Å²) in [7, 11) is -1.39. The molecule has 0 radical (unpaired) electrons. The molecule has 3 heterocycles. The van der Waals surface area contributed by atoms with E-state index in [0.717, 1.165) is 0 Å². The number of fused-ring (bicyclic) bond motifs is 9. The molecule has 55 heavy (non-hydrogen) atoms. The Morgan fingerprint density at radius 1 is 0.436 bits per heavy atom. The maximum absolute atomic E-state index is 2.50. The molecule has 11 rings (SSSR count). The summed E-state index contributed by atoms with van der Waals surface area (Å²) in [6.45, 7) is 7.23. The van der Waals surface area contributed by atoms with Crippen molar-refractivity contribution >= 4 is 68.2 Å². The molecular formula is C51H41N3Si. The normalized spacial score (nSPS) is 16.5. The number of benzene rings is 7. The number of anilines is 2. The van der Waals surface area contributed by atoms with Crippen molar-refractivity contribution in [2.45, 2.75) is 31.6 Å². The molecule has 0 fully saturated rings. The number of rotatable bonds is 5. The van der Waals surface area contributed by atoms with E-state index in [1.54, 1.807) is 0 Å². The van der Waals surface area contributed by atoms with Gasteiger partial charge in [-0.05, 0) is 95.6 Å². The summed E-state index contributed by atoms with van der Waals surface area (Å²) in [4.78, 5) is 2.50. The van der Waals surface area contributed by atoms with Gasteiger partial charge < -0.3 is 14.0 Å². The minimum atomic E-state index is -1.39. The van der Waals surface area contributed by atoms with Gasteiger partial charge in [0.25, 0.3) is 0 Å². The zero-order valence-electron chi connectivity index (χ0n) is 31.3. The van der Waals surface area contributed by atoms with Crippen LogP contribution in [0.2, 0.25) is 19.6 Å². The maximum atomic E-state index is 2.50. The van der Waals surface area contributed by atoms with Crippen molar-refractivity contribution < 1.29 is 0 Å².